The smallest absolute Gasteiger partial charge is 0.312 e. The molecule has 0 saturated heterocycles. The van der Waals surface area contributed by atoms with Crippen LogP contribution >= 0.6 is 0 Å². The number of aromatic nitrogens is 8. The number of benzene rings is 1. The van der Waals surface area contributed by atoms with Crippen LogP contribution in [-0.4, -0.2) is 40.0 Å². The summed E-state index contributed by atoms with van der Waals surface area (Å²) in [5.74, 6) is 1.90. The Hall–Kier alpha value is -3.50. The topological polar surface area (TPSA) is 90.1 Å². The Labute approximate surface area is 195 Å². The molecule has 0 unspecified atom stereocenters. The highest BCUT2D eigenvalue weighted by molar-refractivity contribution is 5.57. The summed E-state index contributed by atoms with van der Waals surface area (Å²) < 4.78 is 44.1. The Kier molecular flexibility index (Phi) is 7.09. The maximum atomic E-state index is 13.7. The van der Waals surface area contributed by atoms with Gasteiger partial charge < -0.3 is 4.57 Å². The molecule has 8 nitrogen and oxygen atoms in total. The molecule has 3 aromatic heterocycles. The molecule has 0 aliphatic heterocycles. The second-order valence-electron chi connectivity index (χ2n) is 8.19. The molecule has 0 saturated carbocycles. The maximum Gasteiger partial charge on any atom is 0.431 e. The average molecular weight is 473 g/mol. The van der Waals surface area contributed by atoms with E-state index < -0.39 is 11.9 Å². The van der Waals surface area contributed by atoms with Crippen LogP contribution in [0.25, 0.3) is 17.1 Å². The Morgan fingerprint density at radius 3 is 2.38 bits per heavy atom. The fourth-order valence-electron chi connectivity index (χ4n) is 3.75. The second-order valence-corrected chi connectivity index (χ2v) is 8.19. The van der Waals surface area contributed by atoms with Crippen LogP contribution < -0.4 is 0 Å². The predicted molar refractivity (Wildman–Crippen MR) is 120 cm³/mol. The maximum absolute atomic E-state index is 13.7. The van der Waals surface area contributed by atoms with Crippen molar-refractivity contribution < 1.29 is 13.2 Å². The van der Waals surface area contributed by atoms with Crippen LogP contribution in [0.3, 0.4) is 0 Å². The van der Waals surface area contributed by atoms with Crippen LogP contribution in [0.4, 0.5) is 13.2 Å². The van der Waals surface area contributed by atoms with Crippen molar-refractivity contribution in [3.8, 4) is 17.1 Å². The Balaban J connectivity index is 1.59. The minimum Gasteiger partial charge on any atom is -0.312 e. The largest absolute Gasteiger partial charge is 0.431 e. The molecule has 0 aliphatic rings. The van der Waals surface area contributed by atoms with Crippen molar-refractivity contribution in [1.82, 2.24) is 40.0 Å². The molecule has 4 aromatic rings. The van der Waals surface area contributed by atoms with Crippen molar-refractivity contribution in [1.29, 1.82) is 0 Å². The lowest BCUT2D eigenvalue weighted by Crippen LogP contribution is -2.12. The molecule has 1 aromatic carbocycles. The van der Waals surface area contributed by atoms with Gasteiger partial charge in [-0.3, -0.25) is 0 Å². The van der Waals surface area contributed by atoms with Crippen LogP contribution in [0.1, 0.15) is 62.4 Å². The zero-order chi connectivity index (χ0) is 24.1. The van der Waals surface area contributed by atoms with Gasteiger partial charge in [-0.1, -0.05) is 38.8 Å². The van der Waals surface area contributed by atoms with Gasteiger partial charge in [-0.2, -0.15) is 23.5 Å². The van der Waals surface area contributed by atoms with Crippen molar-refractivity contribution in [3.05, 3.63) is 59.4 Å². The third-order valence-electron chi connectivity index (χ3n) is 5.56. The van der Waals surface area contributed by atoms with E-state index in [0.717, 1.165) is 66.4 Å². The van der Waals surface area contributed by atoms with E-state index in [1.54, 1.807) is 12.1 Å². The molecular formula is C23H27F3N8. The highest BCUT2D eigenvalue weighted by Gasteiger charge is 2.35. The normalized spacial score (nSPS) is 11.9. The SMILES string of the molecule is CCCCc1nc(CCCC)n(Cc2ccc(-n3cc(-c4nn[nH]n4)cc3C(F)(F)F)cc2)n1. The summed E-state index contributed by atoms with van der Waals surface area (Å²) in [4.78, 5) is 4.72. The van der Waals surface area contributed by atoms with Gasteiger partial charge in [0, 0.05) is 30.3 Å². The standard InChI is InChI=1S/C23H27F3N8/c1-3-5-7-20-27-21(8-6-4-2)34(30-20)14-16-9-11-18(12-10-16)33-15-17(22-28-31-32-29-22)13-19(33)23(24,25)26/h9-13,15H,3-8,14H2,1-2H3,(H,28,29,31,32). The first-order valence-corrected chi connectivity index (χ1v) is 11.4. The minimum absolute atomic E-state index is 0.102. The van der Waals surface area contributed by atoms with E-state index in [2.05, 4.69) is 39.6 Å². The van der Waals surface area contributed by atoms with Gasteiger partial charge in [-0.15, -0.1) is 10.2 Å². The van der Waals surface area contributed by atoms with E-state index in [4.69, 9.17) is 4.98 Å². The number of halogens is 3. The van der Waals surface area contributed by atoms with Crippen molar-refractivity contribution in [2.75, 3.05) is 0 Å². The summed E-state index contributed by atoms with van der Waals surface area (Å²) in [7, 11) is 0. The van der Waals surface area contributed by atoms with Gasteiger partial charge in [-0.25, -0.2) is 9.67 Å². The number of hydrogen-bond donors (Lipinski definition) is 1. The van der Waals surface area contributed by atoms with E-state index in [9.17, 15) is 13.2 Å². The molecular weight excluding hydrogens is 445 g/mol. The van der Waals surface area contributed by atoms with Crippen LogP contribution in [0.2, 0.25) is 0 Å². The summed E-state index contributed by atoms with van der Waals surface area (Å²) in [6, 6.07) is 8.00. The summed E-state index contributed by atoms with van der Waals surface area (Å²) in [6.45, 7) is 4.79. The van der Waals surface area contributed by atoms with Crippen molar-refractivity contribution in [2.45, 2.75) is 65.1 Å². The number of nitrogens with zero attached hydrogens (tertiary/aromatic N) is 7. The fraction of sp³-hybridized carbons (Fsp3) is 0.435. The monoisotopic (exact) mass is 472 g/mol. The highest BCUT2D eigenvalue weighted by Crippen LogP contribution is 2.35. The lowest BCUT2D eigenvalue weighted by Gasteiger charge is -2.12. The number of aromatic amines is 1. The predicted octanol–water partition coefficient (Wildman–Crippen LogP) is 5.00. The molecule has 3 heterocycles. The molecule has 0 amide bonds. The molecule has 4 rings (SSSR count). The van der Waals surface area contributed by atoms with Gasteiger partial charge in [0.1, 0.15) is 11.5 Å². The van der Waals surface area contributed by atoms with Gasteiger partial charge in [0.15, 0.2) is 5.82 Å². The first-order valence-electron chi connectivity index (χ1n) is 11.4. The number of rotatable bonds is 10. The van der Waals surface area contributed by atoms with Crippen molar-refractivity contribution in [2.24, 2.45) is 0 Å². The number of tetrazole rings is 1. The molecule has 0 spiro atoms. The van der Waals surface area contributed by atoms with Crippen LogP contribution in [0, 0.1) is 0 Å². The Morgan fingerprint density at radius 2 is 1.74 bits per heavy atom. The van der Waals surface area contributed by atoms with Gasteiger partial charge in [0.05, 0.1) is 6.54 Å². The third kappa shape index (κ3) is 5.35. The number of H-pyrrole nitrogens is 1. The number of hydrogen-bond acceptors (Lipinski definition) is 5. The quantitative estimate of drug-likeness (QED) is 0.351. The average Bonchev–Trinajstić information content (AvgIpc) is 3.56. The molecule has 180 valence electrons. The minimum atomic E-state index is -4.54. The van der Waals surface area contributed by atoms with Crippen molar-refractivity contribution in [3.63, 3.8) is 0 Å². The molecule has 1 N–H and O–H groups in total. The second kappa shape index (κ2) is 10.2. The summed E-state index contributed by atoms with van der Waals surface area (Å²) in [6.07, 6.45) is 2.73. The van der Waals surface area contributed by atoms with Gasteiger partial charge in [0.25, 0.3) is 0 Å². The number of alkyl halides is 3. The molecule has 0 aliphatic carbocycles. The lowest BCUT2D eigenvalue weighted by molar-refractivity contribution is -0.142. The molecule has 0 bridgehead atoms. The van der Waals surface area contributed by atoms with E-state index in [1.807, 2.05) is 16.8 Å². The molecule has 0 radical (unpaired) electrons. The molecule has 11 heteroatoms. The van der Waals surface area contributed by atoms with Gasteiger partial charge in [0.2, 0.25) is 5.82 Å². The first kappa shape index (κ1) is 23.7. The van der Waals surface area contributed by atoms with Crippen LogP contribution in [-0.2, 0) is 25.6 Å². The Morgan fingerprint density at radius 1 is 1.00 bits per heavy atom. The van der Waals surface area contributed by atoms with E-state index in [0.29, 0.717) is 12.2 Å². The summed E-state index contributed by atoms with van der Waals surface area (Å²) >= 11 is 0. The zero-order valence-corrected chi connectivity index (χ0v) is 19.2. The zero-order valence-electron chi connectivity index (χ0n) is 19.2. The summed E-state index contributed by atoms with van der Waals surface area (Å²) in [5, 5.41) is 17.9. The number of aryl methyl sites for hydroxylation is 2. The third-order valence-corrected chi connectivity index (χ3v) is 5.56. The van der Waals surface area contributed by atoms with Crippen LogP contribution in [0.5, 0.6) is 0 Å². The molecule has 0 atom stereocenters. The fourth-order valence-corrected chi connectivity index (χ4v) is 3.75. The van der Waals surface area contributed by atoms with Crippen molar-refractivity contribution >= 4 is 0 Å². The molecule has 34 heavy (non-hydrogen) atoms. The van der Waals surface area contributed by atoms with Gasteiger partial charge >= 0.3 is 6.18 Å². The van der Waals surface area contributed by atoms with Gasteiger partial charge in [-0.05, 0) is 41.8 Å². The van der Waals surface area contributed by atoms with Crippen LogP contribution in [0.15, 0.2) is 36.5 Å². The highest BCUT2D eigenvalue weighted by atomic mass is 19.4. The molecule has 0 fully saturated rings. The first-order chi connectivity index (χ1) is 16.4. The van der Waals surface area contributed by atoms with E-state index >= 15 is 0 Å². The lowest BCUT2D eigenvalue weighted by atomic mass is 10.2. The summed E-state index contributed by atoms with van der Waals surface area (Å²) in [5.41, 5.74) is 0.749. The van der Waals surface area contributed by atoms with E-state index in [1.165, 1.54) is 6.20 Å². The van der Waals surface area contributed by atoms with E-state index in [-0.39, 0.29) is 11.4 Å². The number of unbranched alkanes of at least 4 members (excludes halogenated alkanes) is 2. The number of nitrogens with one attached hydrogen (secondary N) is 1. The Bertz CT molecular complexity index is 1190.